The van der Waals surface area contributed by atoms with Gasteiger partial charge in [-0.3, -0.25) is 0 Å². The minimum atomic E-state index is -3.60. The van der Waals surface area contributed by atoms with Gasteiger partial charge in [-0.1, -0.05) is 11.6 Å². The Hall–Kier alpha value is -1.15. The normalized spacial score (nSPS) is 13.2. The van der Waals surface area contributed by atoms with Crippen molar-refractivity contribution in [3.05, 3.63) is 39.7 Å². The van der Waals surface area contributed by atoms with Gasteiger partial charge >= 0.3 is 0 Å². The summed E-state index contributed by atoms with van der Waals surface area (Å²) in [6, 6.07) is 6.15. The molecule has 0 aliphatic rings. The lowest BCUT2D eigenvalue weighted by Gasteiger charge is -2.13. The zero-order chi connectivity index (χ0) is 14.8. The minimum absolute atomic E-state index is 0.173. The standard InChI is InChI=1S/C12H14ClN3O2S2/c1-8(10-3-4-11(13)19-10)16-20(17,18)9-5-6-15-12(7-9)14-2/h3-8,16H,1-2H3,(H,14,15). The molecule has 0 amide bonds. The fourth-order valence-electron chi connectivity index (χ4n) is 1.63. The first-order valence-electron chi connectivity index (χ1n) is 5.84. The molecule has 2 heterocycles. The van der Waals surface area contributed by atoms with Gasteiger partial charge in [0.25, 0.3) is 0 Å². The highest BCUT2D eigenvalue weighted by molar-refractivity contribution is 7.89. The maximum Gasteiger partial charge on any atom is 0.241 e. The fourth-order valence-corrected chi connectivity index (χ4v) is 4.01. The lowest BCUT2D eigenvalue weighted by atomic mass is 10.3. The average Bonchev–Trinajstić information content (AvgIpc) is 2.85. The van der Waals surface area contributed by atoms with Gasteiger partial charge in [-0.15, -0.1) is 11.3 Å². The van der Waals surface area contributed by atoms with Crippen molar-refractivity contribution in [3.8, 4) is 0 Å². The topological polar surface area (TPSA) is 71.1 Å². The van der Waals surface area contributed by atoms with Gasteiger partial charge in [0.15, 0.2) is 0 Å². The van der Waals surface area contributed by atoms with Gasteiger partial charge in [-0.05, 0) is 25.1 Å². The lowest BCUT2D eigenvalue weighted by molar-refractivity contribution is 0.568. The Kier molecular flexibility index (Phi) is 4.64. The van der Waals surface area contributed by atoms with Gasteiger partial charge in [0.2, 0.25) is 10.0 Å². The molecule has 8 heteroatoms. The predicted molar refractivity (Wildman–Crippen MR) is 81.8 cm³/mol. The molecule has 2 N–H and O–H groups in total. The molecule has 0 aromatic carbocycles. The second-order valence-corrected chi connectivity index (χ2v) is 7.57. The SMILES string of the molecule is CNc1cc(S(=O)(=O)NC(C)c2ccc(Cl)s2)ccn1. The number of aromatic nitrogens is 1. The van der Waals surface area contributed by atoms with Crippen LogP contribution < -0.4 is 10.0 Å². The third kappa shape index (κ3) is 3.49. The Morgan fingerprint density at radius 2 is 2.10 bits per heavy atom. The maximum atomic E-state index is 12.3. The van der Waals surface area contributed by atoms with E-state index >= 15 is 0 Å². The van der Waals surface area contributed by atoms with Gasteiger partial charge in [0.1, 0.15) is 5.82 Å². The van der Waals surface area contributed by atoms with Crippen LogP contribution in [0.1, 0.15) is 17.8 Å². The summed E-state index contributed by atoms with van der Waals surface area (Å²) in [6.07, 6.45) is 1.45. The summed E-state index contributed by atoms with van der Waals surface area (Å²) < 4.78 is 27.8. The van der Waals surface area contributed by atoms with Crippen molar-refractivity contribution in [1.29, 1.82) is 0 Å². The van der Waals surface area contributed by atoms with E-state index in [0.717, 1.165) is 4.88 Å². The number of anilines is 1. The summed E-state index contributed by atoms with van der Waals surface area (Å²) in [4.78, 5) is 5.03. The van der Waals surface area contributed by atoms with Crippen molar-refractivity contribution < 1.29 is 8.42 Å². The quantitative estimate of drug-likeness (QED) is 0.883. The van der Waals surface area contributed by atoms with Crippen molar-refractivity contribution in [1.82, 2.24) is 9.71 Å². The fraction of sp³-hybridized carbons (Fsp3) is 0.250. The smallest absolute Gasteiger partial charge is 0.241 e. The van der Waals surface area contributed by atoms with E-state index < -0.39 is 10.0 Å². The number of thiophene rings is 1. The molecule has 0 aliphatic heterocycles. The van der Waals surface area contributed by atoms with Gasteiger partial charge in [0.05, 0.1) is 15.3 Å². The van der Waals surface area contributed by atoms with E-state index in [-0.39, 0.29) is 10.9 Å². The first kappa shape index (κ1) is 15.2. The van der Waals surface area contributed by atoms with E-state index in [1.54, 1.807) is 20.0 Å². The Morgan fingerprint density at radius 1 is 1.35 bits per heavy atom. The number of sulfonamides is 1. The van der Waals surface area contributed by atoms with Gasteiger partial charge in [-0.2, -0.15) is 0 Å². The Labute approximate surface area is 127 Å². The van der Waals surface area contributed by atoms with Crippen LogP contribution in [-0.4, -0.2) is 20.4 Å². The molecule has 0 spiro atoms. The van der Waals surface area contributed by atoms with Crippen LogP contribution in [0.25, 0.3) is 0 Å². The molecule has 5 nitrogen and oxygen atoms in total. The molecule has 1 atom stereocenters. The minimum Gasteiger partial charge on any atom is -0.373 e. The van der Waals surface area contributed by atoms with Crippen molar-refractivity contribution in [3.63, 3.8) is 0 Å². The van der Waals surface area contributed by atoms with Crippen LogP contribution in [-0.2, 0) is 10.0 Å². The summed E-state index contributed by atoms with van der Waals surface area (Å²) in [5.74, 6) is 0.500. The lowest BCUT2D eigenvalue weighted by Crippen LogP contribution is -2.26. The molecular formula is C12H14ClN3O2S2. The highest BCUT2D eigenvalue weighted by Gasteiger charge is 2.19. The molecule has 2 aromatic heterocycles. The van der Waals surface area contributed by atoms with E-state index in [0.29, 0.717) is 10.2 Å². The zero-order valence-electron chi connectivity index (χ0n) is 10.9. The van der Waals surface area contributed by atoms with Crippen molar-refractivity contribution >= 4 is 38.8 Å². The van der Waals surface area contributed by atoms with E-state index in [9.17, 15) is 8.42 Å². The van der Waals surface area contributed by atoms with E-state index in [1.165, 1.54) is 29.7 Å². The Bertz CT molecular complexity index is 700. The predicted octanol–water partition coefficient (Wildman–Crippen LogP) is 2.88. The summed E-state index contributed by atoms with van der Waals surface area (Å²) in [7, 11) is -1.91. The second-order valence-electron chi connectivity index (χ2n) is 4.11. The van der Waals surface area contributed by atoms with Crippen molar-refractivity contribution in [2.24, 2.45) is 0 Å². The molecular weight excluding hydrogens is 318 g/mol. The summed E-state index contributed by atoms with van der Waals surface area (Å²) >= 11 is 7.21. The number of hydrogen-bond donors (Lipinski definition) is 2. The maximum absolute atomic E-state index is 12.3. The van der Waals surface area contributed by atoms with Crippen LogP contribution in [0.5, 0.6) is 0 Å². The zero-order valence-corrected chi connectivity index (χ0v) is 13.3. The number of nitrogens with zero attached hydrogens (tertiary/aromatic N) is 1. The largest absolute Gasteiger partial charge is 0.373 e. The van der Waals surface area contributed by atoms with Gasteiger partial charge in [-0.25, -0.2) is 18.1 Å². The molecule has 0 fully saturated rings. The molecule has 0 aliphatic carbocycles. The van der Waals surface area contributed by atoms with Crippen molar-refractivity contribution in [2.45, 2.75) is 17.9 Å². The van der Waals surface area contributed by atoms with Crippen LogP contribution in [0.4, 0.5) is 5.82 Å². The molecule has 0 saturated heterocycles. The number of hydrogen-bond acceptors (Lipinski definition) is 5. The molecule has 0 saturated carbocycles. The highest BCUT2D eigenvalue weighted by atomic mass is 35.5. The Morgan fingerprint density at radius 3 is 2.70 bits per heavy atom. The average molecular weight is 332 g/mol. The first-order chi connectivity index (χ1) is 9.42. The number of pyridine rings is 1. The monoisotopic (exact) mass is 331 g/mol. The Balaban J connectivity index is 2.22. The van der Waals surface area contributed by atoms with Crippen LogP contribution in [0.3, 0.4) is 0 Å². The van der Waals surface area contributed by atoms with Crippen LogP contribution >= 0.6 is 22.9 Å². The molecule has 2 aromatic rings. The van der Waals surface area contributed by atoms with Crippen LogP contribution in [0.15, 0.2) is 35.4 Å². The van der Waals surface area contributed by atoms with E-state index in [1.807, 2.05) is 6.07 Å². The van der Waals surface area contributed by atoms with E-state index in [4.69, 9.17) is 11.6 Å². The summed E-state index contributed by atoms with van der Waals surface area (Å²) in [5.41, 5.74) is 0. The molecule has 2 rings (SSSR count). The third-order valence-corrected chi connectivity index (χ3v) is 5.60. The van der Waals surface area contributed by atoms with Gasteiger partial charge in [0, 0.05) is 24.2 Å². The van der Waals surface area contributed by atoms with Crippen molar-refractivity contribution in [2.75, 3.05) is 12.4 Å². The van der Waals surface area contributed by atoms with Gasteiger partial charge < -0.3 is 5.32 Å². The number of rotatable bonds is 5. The molecule has 1 unspecified atom stereocenters. The third-order valence-electron chi connectivity index (χ3n) is 2.65. The van der Waals surface area contributed by atoms with E-state index in [2.05, 4.69) is 15.0 Å². The number of halogens is 1. The highest BCUT2D eigenvalue weighted by Crippen LogP contribution is 2.27. The summed E-state index contributed by atoms with van der Waals surface area (Å²) in [6.45, 7) is 1.78. The number of nitrogens with one attached hydrogen (secondary N) is 2. The summed E-state index contributed by atoms with van der Waals surface area (Å²) in [5, 5.41) is 2.81. The van der Waals surface area contributed by atoms with Crippen LogP contribution in [0, 0.1) is 0 Å². The molecule has 20 heavy (non-hydrogen) atoms. The molecule has 108 valence electrons. The molecule has 0 radical (unpaired) electrons. The second kappa shape index (κ2) is 6.09. The molecule has 0 bridgehead atoms. The van der Waals surface area contributed by atoms with Crippen LogP contribution in [0.2, 0.25) is 4.34 Å². The first-order valence-corrected chi connectivity index (χ1v) is 8.51.